The number of ether oxygens (including phenoxy) is 1. The van der Waals surface area contributed by atoms with Crippen molar-refractivity contribution < 1.29 is 19.0 Å². The molecule has 0 radical (unpaired) electrons. The van der Waals surface area contributed by atoms with Crippen LogP contribution in [0.15, 0.2) is 48.6 Å². The number of carboxylic acids is 1. The summed E-state index contributed by atoms with van der Waals surface area (Å²) >= 11 is 12.8. The second-order valence-electron chi connectivity index (χ2n) is 8.87. The van der Waals surface area contributed by atoms with Crippen molar-refractivity contribution in [1.82, 2.24) is 4.90 Å². The number of allylic oxidation sites excluding steroid dienone is 1. The van der Waals surface area contributed by atoms with Gasteiger partial charge in [-0.15, -0.1) is 11.6 Å². The summed E-state index contributed by atoms with van der Waals surface area (Å²) in [4.78, 5) is 12.5. The molecule has 1 aliphatic heterocycles. The Bertz CT molecular complexity index is 1040. The highest BCUT2D eigenvalue weighted by Crippen LogP contribution is 2.40. The quantitative estimate of drug-likeness (QED) is 0.413. The smallest absolute Gasteiger partial charge is 0.309 e. The van der Waals surface area contributed by atoms with Crippen molar-refractivity contribution in [2.75, 3.05) is 26.2 Å². The SMILES string of the molecule is C[C@H](COc1ccc2c(c1)CC=CC2(Cl)CN1CC(C(=O)O)C1)Cc1ccc(Cl)cc1F. The molecule has 2 aliphatic rings. The monoisotopic (exact) mass is 477 g/mol. The summed E-state index contributed by atoms with van der Waals surface area (Å²) in [6.45, 7) is 4.12. The normalized spacial score (nSPS) is 21.6. The molecule has 32 heavy (non-hydrogen) atoms. The summed E-state index contributed by atoms with van der Waals surface area (Å²) in [6.07, 6.45) is 5.40. The van der Waals surface area contributed by atoms with Crippen LogP contribution in [0.2, 0.25) is 5.02 Å². The van der Waals surface area contributed by atoms with Gasteiger partial charge in [0.25, 0.3) is 0 Å². The molecule has 7 heteroatoms. The molecule has 0 amide bonds. The molecule has 1 aliphatic carbocycles. The van der Waals surface area contributed by atoms with Crippen LogP contribution in [0.3, 0.4) is 0 Å². The average Bonchev–Trinajstić information content (AvgIpc) is 2.71. The molecule has 0 spiro atoms. The van der Waals surface area contributed by atoms with E-state index in [-0.39, 0.29) is 17.7 Å². The predicted molar refractivity (Wildman–Crippen MR) is 124 cm³/mol. The van der Waals surface area contributed by atoms with E-state index in [0.717, 1.165) is 23.3 Å². The van der Waals surface area contributed by atoms with Gasteiger partial charge in [0.2, 0.25) is 0 Å². The zero-order valence-corrected chi connectivity index (χ0v) is 19.4. The number of carbonyl (C=O) groups is 1. The number of hydrogen-bond acceptors (Lipinski definition) is 3. The predicted octanol–water partition coefficient (Wildman–Crippen LogP) is 5.30. The minimum absolute atomic E-state index is 0.127. The number of nitrogens with zero attached hydrogens (tertiary/aromatic N) is 1. The minimum atomic E-state index is -0.751. The van der Waals surface area contributed by atoms with Crippen molar-refractivity contribution in [2.45, 2.75) is 24.6 Å². The Kier molecular flexibility index (Phi) is 6.80. The van der Waals surface area contributed by atoms with Gasteiger partial charge in [0.05, 0.1) is 12.5 Å². The lowest BCUT2D eigenvalue weighted by molar-refractivity contribution is -0.147. The molecular formula is C25H26Cl2FNO3. The van der Waals surface area contributed by atoms with Crippen LogP contribution in [0, 0.1) is 17.7 Å². The van der Waals surface area contributed by atoms with Crippen LogP contribution in [0.25, 0.3) is 0 Å². The topological polar surface area (TPSA) is 49.8 Å². The molecular weight excluding hydrogens is 452 g/mol. The Labute approximate surface area is 197 Å². The molecule has 0 bridgehead atoms. The van der Waals surface area contributed by atoms with Gasteiger partial charge in [0.15, 0.2) is 0 Å². The van der Waals surface area contributed by atoms with E-state index in [4.69, 9.17) is 33.0 Å². The first-order valence-corrected chi connectivity index (χ1v) is 11.5. The number of alkyl halides is 1. The molecule has 2 atom stereocenters. The molecule has 1 N–H and O–H groups in total. The molecule has 1 fully saturated rings. The summed E-state index contributed by atoms with van der Waals surface area (Å²) in [5, 5.41) is 9.49. The highest BCUT2D eigenvalue weighted by Gasteiger charge is 2.39. The zero-order valence-electron chi connectivity index (χ0n) is 17.9. The average molecular weight is 478 g/mol. The summed E-state index contributed by atoms with van der Waals surface area (Å²) in [5.74, 6) is -0.459. The Balaban J connectivity index is 1.37. The van der Waals surface area contributed by atoms with Crippen molar-refractivity contribution in [3.8, 4) is 5.75 Å². The lowest BCUT2D eigenvalue weighted by atomic mass is 9.85. The van der Waals surface area contributed by atoms with Gasteiger partial charge in [-0.25, -0.2) is 4.39 Å². The molecule has 1 unspecified atom stereocenters. The van der Waals surface area contributed by atoms with E-state index < -0.39 is 10.8 Å². The van der Waals surface area contributed by atoms with Gasteiger partial charge < -0.3 is 9.84 Å². The highest BCUT2D eigenvalue weighted by molar-refractivity contribution is 6.30. The van der Waals surface area contributed by atoms with Crippen molar-refractivity contribution in [3.05, 3.63) is 76.1 Å². The van der Waals surface area contributed by atoms with Crippen LogP contribution in [0.1, 0.15) is 23.6 Å². The number of fused-ring (bicyclic) bond motifs is 1. The van der Waals surface area contributed by atoms with Crippen molar-refractivity contribution >= 4 is 29.2 Å². The second kappa shape index (κ2) is 9.42. The van der Waals surface area contributed by atoms with E-state index in [2.05, 4.69) is 11.0 Å². The first kappa shape index (κ1) is 23.1. The van der Waals surface area contributed by atoms with Gasteiger partial charge in [-0.05, 0) is 59.7 Å². The molecule has 2 aromatic carbocycles. The number of rotatable bonds is 8. The summed E-state index contributed by atoms with van der Waals surface area (Å²) < 4.78 is 20.0. The largest absolute Gasteiger partial charge is 0.493 e. The lowest BCUT2D eigenvalue weighted by Gasteiger charge is -2.42. The van der Waals surface area contributed by atoms with E-state index in [9.17, 15) is 9.18 Å². The molecule has 0 saturated carbocycles. The van der Waals surface area contributed by atoms with Crippen LogP contribution < -0.4 is 4.74 Å². The maximum Gasteiger partial charge on any atom is 0.309 e. The highest BCUT2D eigenvalue weighted by atomic mass is 35.5. The van der Waals surface area contributed by atoms with Crippen molar-refractivity contribution in [1.29, 1.82) is 0 Å². The Hall–Kier alpha value is -2.08. The number of carboxylic acid groups (broad SMARTS) is 1. The van der Waals surface area contributed by atoms with Crippen molar-refractivity contribution in [3.63, 3.8) is 0 Å². The third kappa shape index (κ3) is 5.11. The Morgan fingerprint density at radius 2 is 2.09 bits per heavy atom. The minimum Gasteiger partial charge on any atom is -0.493 e. The Morgan fingerprint density at radius 3 is 2.81 bits per heavy atom. The lowest BCUT2D eigenvalue weighted by Crippen LogP contribution is -2.53. The van der Waals surface area contributed by atoms with Gasteiger partial charge in [-0.2, -0.15) is 0 Å². The molecule has 4 nitrogen and oxygen atoms in total. The maximum atomic E-state index is 14.0. The fourth-order valence-corrected chi connectivity index (χ4v) is 4.98. The molecule has 4 rings (SSSR count). The van der Waals surface area contributed by atoms with Crippen LogP contribution in [-0.2, 0) is 22.5 Å². The van der Waals surface area contributed by atoms with E-state index in [1.54, 1.807) is 12.1 Å². The van der Waals surface area contributed by atoms with Crippen LogP contribution in [-0.4, -0.2) is 42.2 Å². The molecule has 1 saturated heterocycles. The molecule has 170 valence electrons. The van der Waals surface area contributed by atoms with E-state index in [1.165, 1.54) is 6.07 Å². The van der Waals surface area contributed by atoms with Gasteiger partial charge in [-0.1, -0.05) is 42.8 Å². The number of likely N-dealkylation sites (tertiary alicyclic amines) is 1. The standard InChI is InChI=1S/C25H26Cl2FNO3/c1-16(9-18-4-5-20(26)11-23(18)28)14-32-21-6-7-22-17(10-21)3-2-8-25(22,27)15-29-12-19(13-29)24(30)31/h2,4-8,10-11,16,19H,3,9,12-15H2,1H3,(H,30,31)/t16-,25?/m0/s1. The van der Waals surface area contributed by atoms with Crippen LogP contribution in [0.5, 0.6) is 5.75 Å². The molecule has 0 aromatic heterocycles. The van der Waals surface area contributed by atoms with Gasteiger partial charge in [-0.3, -0.25) is 9.69 Å². The van der Waals surface area contributed by atoms with E-state index >= 15 is 0 Å². The second-order valence-corrected chi connectivity index (χ2v) is 9.98. The third-order valence-electron chi connectivity index (χ3n) is 6.12. The third-order valence-corrected chi connectivity index (χ3v) is 6.81. The number of benzene rings is 2. The summed E-state index contributed by atoms with van der Waals surface area (Å²) in [5.41, 5.74) is 2.76. The van der Waals surface area contributed by atoms with Crippen LogP contribution in [0.4, 0.5) is 4.39 Å². The van der Waals surface area contributed by atoms with Gasteiger partial charge >= 0.3 is 5.97 Å². The van der Waals surface area contributed by atoms with Crippen LogP contribution >= 0.6 is 23.2 Å². The summed E-state index contributed by atoms with van der Waals surface area (Å²) in [7, 11) is 0. The zero-order chi connectivity index (χ0) is 22.9. The first-order valence-electron chi connectivity index (χ1n) is 10.8. The number of halogens is 3. The number of aliphatic carboxylic acids is 1. The molecule has 1 heterocycles. The Morgan fingerprint density at radius 1 is 1.31 bits per heavy atom. The maximum absolute atomic E-state index is 14.0. The van der Waals surface area contributed by atoms with E-state index in [0.29, 0.717) is 43.2 Å². The molecule has 2 aromatic rings. The first-order chi connectivity index (χ1) is 15.2. The van der Waals surface area contributed by atoms with Crippen molar-refractivity contribution in [2.24, 2.45) is 11.8 Å². The summed E-state index contributed by atoms with van der Waals surface area (Å²) in [6, 6.07) is 10.7. The van der Waals surface area contributed by atoms with Gasteiger partial charge in [0, 0.05) is 24.7 Å². The fourth-order valence-electron chi connectivity index (χ4n) is 4.38. The van der Waals surface area contributed by atoms with Gasteiger partial charge in [0.1, 0.15) is 16.4 Å². The number of hydrogen-bond donors (Lipinski definition) is 1. The van der Waals surface area contributed by atoms with E-state index in [1.807, 2.05) is 31.2 Å². The fraction of sp³-hybridized carbons (Fsp3) is 0.400.